The minimum atomic E-state index is -3.73. The Morgan fingerprint density at radius 2 is 1.82 bits per heavy atom. The molecular formula is C23H25ClN2O6S. The van der Waals surface area contributed by atoms with Crippen molar-refractivity contribution < 1.29 is 22.8 Å². The molecule has 0 amide bonds. The van der Waals surface area contributed by atoms with Crippen LogP contribution in [0.2, 0.25) is 5.02 Å². The van der Waals surface area contributed by atoms with E-state index in [2.05, 4.69) is 0 Å². The predicted molar refractivity (Wildman–Crippen MR) is 123 cm³/mol. The highest BCUT2D eigenvalue weighted by Crippen LogP contribution is 2.43. The third-order valence-electron chi connectivity index (χ3n) is 6.46. The highest BCUT2D eigenvalue weighted by molar-refractivity contribution is 7.89. The summed E-state index contributed by atoms with van der Waals surface area (Å²) in [5.41, 5.74) is -0.852. The number of nitrogens with zero attached hydrogens (tertiary/aromatic N) is 2. The van der Waals surface area contributed by atoms with E-state index in [0.717, 1.165) is 24.0 Å². The van der Waals surface area contributed by atoms with E-state index in [1.807, 2.05) is 0 Å². The summed E-state index contributed by atoms with van der Waals surface area (Å²) in [4.78, 5) is 13.3. The van der Waals surface area contributed by atoms with E-state index in [9.17, 15) is 18.3 Å². The number of rotatable bonds is 3. The Kier molecular flexibility index (Phi) is 5.36. The number of halogens is 1. The Hall–Kier alpha value is -2.33. The first-order valence-corrected chi connectivity index (χ1v) is 12.7. The Labute approximate surface area is 196 Å². The van der Waals surface area contributed by atoms with Gasteiger partial charge in [0.15, 0.2) is 5.58 Å². The van der Waals surface area contributed by atoms with Crippen molar-refractivity contribution >= 4 is 32.6 Å². The SMILES string of the molecule is CC1(C)Oc2ccc(S(=O)(=O)N3CCCCC3)cc2[C@@H](n2oc3cc(Cl)ccc3c2=O)[C@@H]1O. The van der Waals surface area contributed by atoms with Crippen LogP contribution in [0.5, 0.6) is 5.75 Å². The maximum atomic E-state index is 13.3. The van der Waals surface area contributed by atoms with Crippen molar-refractivity contribution in [2.45, 2.75) is 55.8 Å². The van der Waals surface area contributed by atoms with Crippen LogP contribution in [-0.4, -0.2) is 47.4 Å². The maximum Gasteiger partial charge on any atom is 0.291 e. The van der Waals surface area contributed by atoms with Crippen LogP contribution in [0.3, 0.4) is 0 Å². The smallest absolute Gasteiger partial charge is 0.291 e. The van der Waals surface area contributed by atoms with Crippen molar-refractivity contribution in [3.8, 4) is 5.75 Å². The van der Waals surface area contributed by atoms with Crippen LogP contribution < -0.4 is 10.3 Å². The van der Waals surface area contributed by atoms with E-state index >= 15 is 0 Å². The summed E-state index contributed by atoms with van der Waals surface area (Å²) in [6.07, 6.45) is 1.46. The quantitative estimate of drug-likeness (QED) is 0.600. The molecule has 2 aromatic carbocycles. The fourth-order valence-corrected chi connectivity index (χ4v) is 6.33. The number of aliphatic hydroxyl groups excluding tert-OH is 1. The molecule has 8 nitrogen and oxygen atoms in total. The molecule has 1 fully saturated rings. The van der Waals surface area contributed by atoms with Gasteiger partial charge in [-0.15, -0.1) is 0 Å². The molecule has 10 heteroatoms. The van der Waals surface area contributed by atoms with Crippen LogP contribution in [0.15, 0.2) is 50.6 Å². The number of fused-ring (bicyclic) bond motifs is 2. The summed E-state index contributed by atoms with van der Waals surface area (Å²) in [6, 6.07) is 8.27. The van der Waals surface area contributed by atoms with Gasteiger partial charge in [-0.05, 0) is 57.0 Å². The molecule has 1 N–H and O–H groups in total. The van der Waals surface area contributed by atoms with Gasteiger partial charge in [0, 0.05) is 29.7 Å². The highest BCUT2D eigenvalue weighted by atomic mass is 35.5. The topological polar surface area (TPSA) is 102 Å². The standard InChI is InChI=1S/C23H25ClN2O6S/c1-23(2)21(27)20(26-22(28)16-8-6-14(24)12-19(16)32-26)17-13-15(7-9-18(17)31-23)33(29,30)25-10-4-3-5-11-25/h6-9,12-13,20-21,27H,3-5,10-11H2,1-2H3/t20-,21+/m1/s1. The summed E-state index contributed by atoms with van der Waals surface area (Å²) < 4.78 is 41.0. The van der Waals surface area contributed by atoms with Crippen molar-refractivity contribution in [3.05, 3.63) is 57.3 Å². The van der Waals surface area contributed by atoms with E-state index in [0.29, 0.717) is 34.8 Å². The fourth-order valence-electron chi connectivity index (χ4n) is 4.61. The van der Waals surface area contributed by atoms with Crippen molar-refractivity contribution in [1.29, 1.82) is 0 Å². The lowest BCUT2D eigenvalue weighted by Crippen LogP contribution is -2.51. The van der Waals surface area contributed by atoms with Gasteiger partial charge in [-0.25, -0.2) is 8.42 Å². The number of piperidine rings is 1. The van der Waals surface area contributed by atoms with Crippen molar-refractivity contribution in [1.82, 2.24) is 9.05 Å². The zero-order valence-electron chi connectivity index (χ0n) is 18.3. The van der Waals surface area contributed by atoms with Crippen LogP contribution >= 0.6 is 11.6 Å². The lowest BCUT2D eigenvalue weighted by Gasteiger charge is -2.41. The first kappa shape index (κ1) is 22.5. The number of aromatic nitrogens is 1. The first-order valence-electron chi connectivity index (χ1n) is 10.9. The zero-order valence-corrected chi connectivity index (χ0v) is 19.9. The van der Waals surface area contributed by atoms with Gasteiger partial charge < -0.3 is 14.4 Å². The molecule has 2 aliphatic rings. The summed E-state index contributed by atoms with van der Waals surface area (Å²) in [5, 5.41) is 11.9. The van der Waals surface area contributed by atoms with E-state index < -0.39 is 33.3 Å². The Morgan fingerprint density at radius 1 is 1.09 bits per heavy atom. The van der Waals surface area contributed by atoms with Crippen LogP contribution in [0.25, 0.3) is 11.0 Å². The van der Waals surface area contributed by atoms with Crippen LogP contribution in [0.1, 0.15) is 44.7 Å². The Balaban J connectivity index is 1.68. The van der Waals surface area contributed by atoms with Gasteiger partial charge in [-0.2, -0.15) is 9.05 Å². The number of aliphatic hydroxyl groups is 1. The average Bonchev–Trinajstić information content (AvgIpc) is 3.10. The number of ether oxygens (including phenoxy) is 1. The van der Waals surface area contributed by atoms with Gasteiger partial charge in [0.1, 0.15) is 23.5 Å². The minimum absolute atomic E-state index is 0.0934. The third kappa shape index (κ3) is 3.67. The average molecular weight is 493 g/mol. The van der Waals surface area contributed by atoms with Crippen molar-refractivity contribution in [2.75, 3.05) is 13.1 Å². The van der Waals surface area contributed by atoms with E-state index in [-0.39, 0.29) is 10.5 Å². The number of hydrogen-bond donors (Lipinski definition) is 1. The van der Waals surface area contributed by atoms with Crippen LogP contribution in [-0.2, 0) is 10.0 Å². The van der Waals surface area contributed by atoms with Gasteiger partial charge in [0.2, 0.25) is 10.0 Å². The van der Waals surface area contributed by atoms with Gasteiger partial charge in [-0.1, -0.05) is 18.0 Å². The number of sulfonamides is 1. The molecule has 176 valence electrons. The largest absolute Gasteiger partial charge is 0.485 e. The van der Waals surface area contributed by atoms with Gasteiger partial charge in [0.05, 0.1) is 10.3 Å². The molecular weight excluding hydrogens is 468 g/mol. The van der Waals surface area contributed by atoms with E-state index in [1.165, 1.54) is 22.5 Å². The molecule has 0 radical (unpaired) electrons. The van der Waals surface area contributed by atoms with E-state index in [1.54, 1.807) is 32.0 Å². The Morgan fingerprint density at radius 3 is 2.55 bits per heavy atom. The molecule has 5 rings (SSSR count). The molecule has 2 aliphatic heterocycles. The second-order valence-electron chi connectivity index (χ2n) is 9.12. The molecule has 0 unspecified atom stereocenters. The second kappa shape index (κ2) is 7.87. The molecule has 0 saturated carbocycles. The fraction of sp³-hybridized carbons (Fsp3) is 0.435. The molecule has 1 saturated heterocycles. The number of benzene rings is 2. The monoisotopic (exact) mass is 492 g/mol. The normalized spacial score (nSPS) is 23.3. The zero-order chi connectivity index (χ0) is 23.5. The molecule has 33 heavy (non-hydrogen) atoms. The lowest BCUT2D eigenvalue weighted by molar-refractivity contribution is -0.0765. The summed E-state index contributed by atoms with van der Waals surface area (Å²) in [6.45, 7) is 4.35. The third-order valence-corrected chi connectivity index (χ3v) is 8.59. The van der Waals surface area contributed by atoms with Crippen molar-refractivity contribution in [3.63, 3.8) is 0 Å². The highest BCUT2D eigenvalue weighted by Gasteiger charge is 2.46. The molecule has 3 aromatic rings. The molecule has 0 aliphatic carbocycles. The summed E-state index contributed by atoms with van der Waals surface area (Å²) in [7, 11) is -3.73. The molecule has 1 aromatic heterocycles. The van der Waals surface area contributed by atoms with Gasteiger partial charge in [-0.3, -0.25) is 4.79 Å². The molecule has 0 bridgehead atoms. The minimum Gasteiger partial charge on any atom is -0.485 e. The van der Waals surface area contributed by atoms with Gasteiger partial charge in [0.25, 0.3) is 5.56 Å². The molecule has 2 atom stereocenters. The lowest BCUT2D eigenvalue weighted by atomic mass is 9.86. The summed E-state index contributed by atoms with van der Waals surface area (Å²) >= 11 is 6.05. The van der Waals surface area contributed by atoms with Crippen molar-refractivity contribution in [2.24, 2.45) is 0 Å². The van der Waals surface area contributed by atoms with Gasteiger partial charge >= 0.3 is 0 Å². The van der Waals surface area contributed by atoms with E-state index in [4.69, 9.17) is 20.9 Å². The number of hydrogen-bond acceptors (Lipinski definition) is 6. The Bertz CT molecular complexity index is 1390. The van der Waals surface area contributed by atoms with Crippen LogP contribution in [0.4, 0.5) is 0 Å². The van der Waals surface area contributed by atoms with Crippen LogP contribution in [0, 0.1) is 0 Å². The maximum absolute atomic E-state index is 13.3. The predicted octanol–water partition coefficient (Wildman–Crippen LogP) is 3.54. The second-order valence-corrected chi connectivity index (χ2v) is 11.5. The first-order chi connectivity index (χ1) is 15.6. The molecule has 3 heterocycles. The molecule has 0 spiro atoms. The summed E-state index contributed by atoms with van der Waals surface area (Å²) in [5.74, 6) is 0.387.